The number of nitrogens with one attached hydrogen (secondary N) is 1. The van der Waals surface area contributed by atoms with Crippen LogP contribution >= 0.6 is 0 Å². The lowest BCUT2D eigenvalue weighted by molar-refractivity contribution is 0.0493. The van der Waals surface area contributed by atoms with Crippen molar-refractivity contribution in [3.8, 4) is 0 Å². The van der Waals surface area contributed by atoms with Crippen molar-refractivity contribution in [1.82, 2.24) is 5.32 Å². The van der Waals surface area contributed by atoms with Gasteiger partial charge in [-0.1, -0.05) is 36.4 Å². The molecule has 0 radical (unpaired) electrons. The summed E-state index contributed by atoms with van der Waals surface area (Å²) in [7, 11) is 0. The van der Waals surface area contributed by atoms with Crippen LogP contribution in [0.25, 0.3) is 0 Å². The summed E-state index contributed by atoms with van der Waals surface area (Å²) in [6.45, 7) is 5.66. The van der Waals surface area contributed by atoms with Gasteiger partial charge in [-0.15, -0.1) is 6.58 Å². The molecular formula is C13H19NO2. The van der Waals surface area contributed by atoms with Crippen LogP contribution in [-0.4, -0.2) is 31.0 Å². The molecule has 0 aliphatic heterocycles. The minimum Gasteiger partial charge on any atom is -0.389 e. The highest BCUT2D eigenvalue weighted by molar-refractivity contribution is 5.14. The highest BCUT2D eigenvalue weighted by Gasteiger charge is 2.02. The van der Waals surface area contributed by atoms with E-state index in [-0.39, 0.29) is 0 Å². The first-order valence-corrected chi connectivity index (χ1v) is 5.44. The molecule has 2 N–H and O–H groups in total. The van der Waals surface area contributed by atoms with E-state index in [2.05, 4.69) is 11.9 Å². The molecule has 0 amide bonds. The molecule has 1 atom stereocenters. The number of rotatable bonds is 8. The molecule has 0 saturated carbocycles. The molecule has 0 heterocycles. The minimum atomic E-state index is -0.469. The molecule has 1 unspecified atom stereocenters. The van der Waals surface area contributed by atoms with Gasteiger partial charge in [0, 0.05) is 13.1 Å². The number of aliphatic hydroxyl groups excluding tert-OH is 1. The normalized spacial score (nSPS) is 12.3. The van der Waals surface area contributed by atoms with Crippen molar-refractivity contribution in [2.24, 2.45) is 0 Å². The van der Waals surface area contributed by atoms with E-state index in [1.165, 1.54) is 5.56 Å². The van der Waals surface area contributed by atoms with Gasteiger partial charge in [0.15, 0.2) is 0 Å². The van der Waals surface area contributed by atoms with E-state index in [0.29, 0.717) is 19.8 Å². The molecule has 3 heteroatoms. The molecule has 1 aromatic carbocycles. The SMILES string of the molecule is C=CCOCC(O)CNCc1ccccc1. The van der Waals surface area contributed by atoms with Crippen LogP contribution in [-0.2, 0) is 11.3 Å². The van der Waals surface area contributed by atoms with Gasteiger partial charge in [0.1, 0.15) is 0 Å². The smallest absolute Gasteiger partial charge is 0.0897 e. The molecule has 0 aromatic heterocycles. The fourth-order valence-corrected chi connectivity index (χ4v) is 1.33. The van der Waals surface area contributed by atoms with E-state index in [1.807, 2.05) is 30.3 Å². The van der Waals surface area contributed by atoms with Crippen LogP contribution in [0.5, 0.6) is 0 Å². The van der Waals surface area contributed by atoms with Crippen molar-refractivity contribution >= 4 is 0 Å². The number of benzene rings is 1. The van der Waals surface area contributed by atoms with Crippen LogP contribution in [0.2, 0.25) is 0 Å². The van der Waals surface area contributed by atoms with Gasteiger partial charge in [0.25, 0.3) is 0 Å². The van der Waals surface area contributed by atoms with Crippen molar-refractivity contribution < 1.29 is 9.84 Å². The van der Waals surface area contributed by atoms with Crippen molar-refractivity contribution in [3.05, 3.63) is 48.6 Å². The van der Waals surface area contributed by atoms with Gasteiger partial charge in [-0.2, -0.15) is 0 Å². The summed E-state index contributed by atoms with van der Waals surface area (Å²) in [5.74, 6) is 0. The first-order chi connectivity index (χ1) is 7.83. The number of hydrogen-bond donors (Lipinski definition) is 2. The number of ether oxygens (including phenoxy) is 1. The van der Waals surface area contributed by atoms with Gasteiger partial charge in [-0.3, -0.25) is 0 Å². The van der Waals surface area contributed by atoms with E-state index in [9.17, 15) is 5.11 Å². The molecule has 0 spiro atoms. The molecule has 1 aromatic rings. The van der Waals surface area contributed by atoms with Crippen LogP contribution in [0.3, 0.4) is 0 Å². The molecule has 16 heavy (non-hydrogen) atoms. The molecular weight excluding hydrogens is 202 g/mol. The quantitative estimate of drug-likeness (QED) is 0.514. The lowest BCUT2D eigenvalue weighted by Gasteiger charge is -2.11. The first kappa shape index (κ1) is 12.9. The van der Waals surface area contributed by atoms with Gasteiger partial charge in [-0.25, -0.2) is 0 Å². The Balaban J connectivity index is 2.08. The third-order valence-corrected chi connectivity index (χ3v) is 2.10. The van der Waals surface area contributed by atoms with Crippen LogP contribution in [0.15, 0.2) is 43.0 Å². The summed E-state index contributed by atoms with van der Waals surface area (Å²) < 4.78 is 5.14. The summed E-state index contributed by atoms with van der Waals surface area (Å²) in [5, 5.41) is 12.7. The highest BCUT2D eigenvalue weighted by Crippen LogP contribution is 1.97. The minimum absolute atomic E-state index is 0.341. The average Bonchev–Trinajstić information content (AvgIpc) is 2.31. The molecule has 0 aliphatic rings. The predicted octanol–water partition coefficient (Wildman–Crippen LogP) is 1.34. The molecule has 0 aliphatic carbocycles. The second-order valence-electron chi connectivity index (χ2n) is 3.60. The predicted molar refractivity (Wildman–Crippen MR) is 65.2 cm³/mol. The monoisotopic (exact) mass is 221 g/mol. The van der Waals surface area contributed by atoms with E-state index >= 15 is 0 Å². The summed E-state index contributed by atoms with van der Waals surface area (Å²) in [6, 6.07) is 10.1. The van der Waals surface area contributed by atoms with Gasteiger partial charge in [-0.05, 0) is 5.56 Å². The maximum atomic E-state index is 9.53. The largest absolute Gasteiger partial charge is 0.389 e. The van der Waals surface area contributed by atoms with Crippen LogP contribution in [0, 0.1) is 0 Å². The Morgan fingerprint density at radius 2 is 2.12 bits per heavy atom. The molecule has 3 nitrogen and oxygen atoms in total. The van der Waals surface area contributed by atoms with Crippen LogP contribution in [0.4, 0.5) is 0 Å². The second-order valence-corrected chi connectivity index (χ2v) is 3.60. The Kier molecular flexibility index (Phi) is 6.49. The van der Waals surface area contributed by atoms with Crippen molar-refractivity contribution in [1.29, 1.82) is 0 Å². The Hall–Kier alpha value is -1.16. The molecule has 0 fully saturated rings. The van der Waals surface area contributed by atoms with E-state index in [4.69, 9.17) is 4.74 Å². The van der Waals surface area contributed by atoms with Crippen LogP contribution in [0.1, 0.15) is 5.56 Å². The molecule has 0 bridgehead atoms. The van der Waals surface area contributed by atoms with Gasteiger partial charge >= 0.3 is 0 Å². The first-order valence-electron chi connectivity index (χ1n) is 5.44. The van der Waals surface area contributed by atoms with E-state index in [1.54, 1.807) is 6.08 Å². The highest BCUT2D eigenvalue weighted by atomic mass is 16.5. The van der Waals surface area contributed by atoms with Crippen molar-refractivity contribution in [2.75, 3.05) is 19.8 Å². The van der Waals surface area contributed by atoms with Gasteiger partial charge < -0.3 is 15.2 Å². The standard InChI is InChI=1S/C13H19NO2/c1-2-8-16-11-13(15)10-14-9-12-6-4-3-5-7-12/h2-7,13-15H,1,8-11H2. The lowest BCUT2D eigenvalue weighted by atomic mass is 10.2. The molecule has 1 rings (SSSR count). The summed E-state index contributed by atoms with van der Waals surface area (Å²) in [5.41, 5.74) is 1.21. The Labute approximate surface area is 96.8 Å². The summed E-state index contributed by atoms with van der Waals surface area (Å²) >= 11 is 0. The zero-order valence-electron chi connectivity index (χ0n) is 9.43. The zero-order chi connectivity index (χ0) is 11.6. The second kappa shape index (κ2) is 8.05. The van der Waals surface area contributed by atoms with Crippen molar-refractivity contribution in [3.63, 3.8) is 0 Å². The fourth-order valence-electron chi connectivity index (χ4n) is 1.33. The Morgan fingerprint density at radius 1 is 1.38 bits per heavy atom. The maximum Gasteiger partial charge on any atom is 0.0897 e. The van der Waals surface area contributed by atoms with Crippen LogP contribution < -0.4 is 5.32 Å². The number of hydrogen-bond acceptors (Lipinski definition) is 3. The van der Waals surface area contributed by atoms with Gasteiger partial charge in [0.05, 0.1) is 19.3 Å². The zero-order valence-corrected chi connectivity index (χ0v) is 9.43. The lowest BCUT2D eigenvalue weighted by Crippen LogP contribution is -2.30. The molecule has 88 valence electrons. The third-order valence-electron chi connectivity index (χ3n) is 2.10. The summed E-state index contributed by atoms with van der Waals surface area (Å²) in [6.07, 6.45) is 1.20. The Morgan fingerprint density at radius 3 is 2.81 bits per heavy atom. The fraction of sp³-hybridized carbons (Fsp3) is 0.385. The summed E-state index contributed by atoms with van der Waals surface area (Å²) in [4.78, 5) is 0. The van der Waals surface area contributed by atoms with Gasteiger partial charge in [0.2, 0.25) is 0 Å². The van der Waals surface area contributed by atoms with E-state index < -0.39 is 6.10 Å². The topological polar surface area (TPSA) is 41.5 Å². The Bertz CT molecular complexity index is 287. The molecule has 0 saturated heterocycles. The third kappa shape index (κ3) is 5.66. The maximum absolute atomic E-state index is 9.53. The average molecular weight is 221 g/mol. The number of aliphatic hydroxyl groups is 1. The van der Waals surface area contributed by atoms with E-state index in [0.717, 1.165) is 6.54 Å². The van der Waals surface area contributed by atoms with Crippen molar-refractivity contribution in [2.45, 2.75) is 12.6 Å².